The topological polar surface area (TPSA) is 75.7 Å². The number of nitrogens with zero attached hydrogens (tertiary/aromatic N) is 1. The Balaban J connectivity index is 1.57. The highest BCUT2D eigenvalue weighted by molar-refractivity contribution is 6.01. The highest BCUT2D eigenvalue weighted by Gasteiger charge is 2.28. The first-order chi connectivity index (χ1) is 14.2. The van der Waals surface area contributed by atoms with Gasteiger partial charge in [-0.1, -0.05) is 32.0 Å². The maximum absolute atomic E-state index is 12.5. The van der Waals surface area contributed by atoms with Gasteiger partial charge in [-0.15, -0.1) is 0 Å². The SMILES string of the molecule is Cc1cc(OC(C)C(=O)Nc2ccc(CN3C(=O)CCC3=O)cc2)ccc1C(C)C. The molecule has 1 saturated heterocycles. The number of hydrogen-bond donors (Lipinski definition) is 1. The van der Waals surface area contributed by atoms with E-state index in [-0.39, 0.29) is 37.1 Å². The first-order valence-electron chi connectivity index (χ1n) is 10.2. The van der Waals surface area contributed by atoms with Gasteiger partial charge in [-0.2, -0.15) is 0 Å². The molecular formula is C24H28N2O4. The molecule has 1 aliphatic rings. The zero-order chi connectivity index (χ0) is 21.8. The van der Waals surface area contributed by atoms with Gasteiger partial charge in [-0.3, -0.25) is 19.3 Å². The number of ether oxygens (including phenoxy) is 1. The molecule has 6 heteroatoms. The summed E-state index contributed by atoms with van der Waals surface area (Å²) in [5.41, 5.74) is 3.86. The van der Waals surface area contributed by atoms with Crippen LogP contribution in [0.4, 0.5) is 5.69 Å². The van der Waals surface area contributed by atoms with E-state index >= 15 is 0 Å². The lowest BCUT2D eigenvalue weighted by atomic mass is 9.98. The first kappa shape index (κ1) is 21.6. The number of aryl methyl sites for hydroxylation is 1. The Hall–Kier alpha value is -3.15. The molecule has 1 heterocycles. The van der Waals surface area contributed by atoms with Gasteiger partial charge in [-0.25, -0.2) is 0 Å². The van der Waals surface area contributed by atoms with Gasteiger partial charge < -0.3 is 10.1 Å². The number of amides is 3. The number of anilines is 1. The summed E-state index contributed by atoms with van der Waals surface area (Å²) in [5, 5.41) is 2.83. The van der Waals surface area contributed by atoms with Crippen molar-refractivity contribution >= 4 is 23.4 Å². The fourth-order valence-corrected chi connectivity index (χ4v) is 3.55. The molecule has 2 aromatic rings. The number of nitrogens with one attached hydrogen (secondary N) is 1. The van der Waals surface area contributed by atoms with Crippen molar-refractivity contribution in [3.63, 3.8) is 0 Å². The molecule has 3 amide bonds. The summed E-state index contributed by atoms with van der Waals surface area (Å²) in [5.74, 6) is 0.567. The second kappa shape index (κ2) is 9.11. The third-order valence-electron chi connectivity index (χ3n) is 5.26. The standard InChI is InChI=1S/C24H28N2O4/c1-15(2)21-10-9-20(13-16(21)3)30-17(4)24(29)25-19-7-5-18(6-8-19)14-26-22(27)11-12-23(26)28/h5-10,13,15,17H,11-12,14H2,1-4H3,(H,25,29). The van der Waals surface area contributed by atoms with Crippen molar-refractivity contribution in [2.75, 3.05) is 5.32 Å². The first-order valence-corrected chi connectivity index (χ1v) is 10.2. The largest absolute Gasteiger partial charge is 0.481 e. The molecule has 0 bridgehead atoms. The van der Waals surface area contributed by atoms with Gasteiger partial charge in [0, 0.05) is 18.5 Å². The quantitative estimate of drug-likeness (QED) is 0.698. The van der Waals surface area contributed by atoms with Gasteiger partial charge in [0.2, 0.25) is 11.8 Å². The van der Waals surface area contributed by atoms with Gasteiger partial charge in [0.1, 0.15) is 5.75 Å². The molecule has 0 aliphatic carbocycles. The van der Waals surface area contributed by atoms with Crippen LogP contribution in [-0.4, -0.2) is 28.7 Å². The Bertz CT molecular complexity index is 934. The Morgan fingerprint density at radius 3 is 2.23 bits per heavy atom. The van der Waals surface area contributed by atoms with Crippen molar-refractivity contribution in [3.8, 4) is 5.75 Å². The number of benzene rings is 2. The molecule has 1 unspecified atom stereocenters. The molecule has 0 radical (unpaired) electrons. The molecule has 0 spiro atoms. The summed E-state index contributed by atoms with van der Waals surface area (Å²) in [6.45, 7) is 8.30. The molecule has 6 nitrogen and oxygen atoms in total. The Morgan fingerprint density at radius 2 is 1.67 bits per heavy atom. The molecule has 0 saturated carbocycles. The molecule has 3 rings (SSSR count). The second-order valence-electron chi connectivity index (χ2n) is 7.99. The van der Waals surface area contributed by atoms with Crippen LogP contribution in [-0.2, 0) is 20.9 Å². The second-order valence-corrected chi connectivity index (χ2v) is 7.99. The fourth-order valence-electron chi connectivity index (χ4n) is 3.55. The highest BCUT2D eigenvalue weighted by Crippen LogP contribution is 2.24. The molecule has 1 fully saturated rings. The monoisotopic (exact) mass is 408 g/mol. The number of rotatable bonds is 7. The molecule has 0 aromatic heterocycles. The van der Waals surface area contributed by atoms with Crippen molar-refractivity contribution in [3.05, 3.63) is 59.2 Å². The lowest BCUT2D eigenvalue weighted by Gasteiger charge is -2.17. The fraction of sp³-hybridized carbons (Fsp3) is 0.375. The van der Waals surface area contributed by atoms with Crippen LogP contribution in [0.3, 0.4) is 0 Å². The zero-order valence-corrected chi connectivity index (χ0v) is 17.9. The van der Waals surface area contributed by atoms with E-state index in [1.807, 2.05) is 25.1 Å². The number of likely N-dealkylation sites (tertiary alicyclic amines) is 1. The van der Waals surface area contributed by atoms with Crippen LogP contribution in [0.25, 0.3) is 0 Å². The van der Waals surface area contributed by atoms with Crippen molar-refractivity contribution in [1.29, 1.82) is 0 Å². The summed E-state index contributed by atoms with van der Waals surface area (Å²) < 4.78 is 5.81. The van der Waals surface area contributed by atoms with E-state index in [1.54, 1.807) is 31.2 Å². The Labute approximate surface area is 177 Å². The zero-order valence-electron chi connectivity index (χ0n) is 17.9. The predicted octanol–water partition coefficient (Wildman–Crippen LogP) is 4.17. The van der Waals surface area contributed by atoms with E-state index in [1.165, 1.54) is 10.5 Å². The van der Waals surface area contributed by atoms with E-state index in [9.17, 15) is 14.4 Å². The van der Waals surface area contributed by atoms with Gasteiger partial charge in [0.15, 0.2) is 6.10 Å². The summed E-state index contributed by atoms with van der Waals surface area (Å²) in [4.78, 5) is 37.2. The summed E-state index contributed by atoms with van der Waals surface area (Å²) in [6, 6.07) is 13.0. The maximum Gasteiger partial charge on any atom is 0.265 e. The summed E-state index contributed by atoms with van der Waals surface area (Å²) in [6.07, 6.45) is -0.0938. The Kier molecular flexibility index (Phi) is 6.55. The number of carbonyl (C=O) groups excluding carboxylic acids is 3. The summed E-state index contributed by atoms with van der Waals surface area (Å²) in [7, 11) is 0. The minimum Gasteiger partial charge on any atom is -0.481 e. The van der Waals surface area contributed by atoms with Crippen molar-refractivity contribution in [2.45, 2.75) is 59.1 Å². The van der Waals surface area contributed by atoms with Crippen LogP contribution in [0.5, 0.6) is 5.75 Å². The van der Waals surface area contributed by atoms with E-state index in [4.69, 9.17) is 4.74 Å². The molecular weight excluding hydrogens is 380 g/mol. The van der Waals surface area contributed by atoms with E-state index in [0.717, 1.165) is 11.1 Å². The van der Waals surface area contributed by atoms with Gasteiger partial charge in [0.05, 0.1) is 6.54 Å². The predicted molar refractivity (Wildman–Crippen MR) is 115 cm³/mol. The van der Waals surface area contributed by atoms with E-state index < -0.39 is 6.10 Å². The molecule has 2 aromatic carbocycles. The van der Waals surface area contributed by atoms with Crippen molar-refractivity contribution in [2.24, 2.45) is 0 Å². The number of imide groups is 1. The third-order valence-corrected chi connectivity index (χ3v) is 5.26. The van der Waals surface area contributed by atoms with Crippen LogP contribution >= 0.6 is 0 Å². The molecule has 1 aliphatic heterocycles. The van der Waals surface area contributed by atoms with Crippen LogP contribution in [0.1, 0.15) is 56.2 Å². The highest BCUT2D eigenvalue weighted by atomic mass is 16.5. The van der Waals surface area contributed by atoms with Gasteiger partial charge in [-0.05, 0) is 60.7 Å². The lowest BCUT2D eigenvalue weighted by Crippen LogP contribution is -2.30. The van der Waals surface area contributed by atoms with Crippen molar-refractivity contribution < 1.29 is 19.1 Å². The van der Waals surface area contributed by atoms with E-state index in [0.29, 0.717) is 17.4 Å². The van der Waals surface area contributed by atoms with Crippen LogP contribution < -0.4 is 10.1 Å². The minimum absolute atomic E-state index is 0.139. The number of carbonyl (C=O) groups is 3. The van der Waals surface area contributed by atoms with Crippen LogP contribution in [0, 0.1) is 6.92 Å². The van der Waals surface area contributed by atoms with Crippen LogP contribution in [0.15, 0.2) is 42.5 Å². The average molecular weight is 408 g/mol. The van der Waals surface area contributed by atoms with Crippen LogP contribution in [0.2, 0.25) is 0 Å². The van der Waals surface area contributed by atoms with Gasteiger partial charge >= 0.3 is 0 Å². The van der Waals surface area contributed by atoms with E-state index in [2.05, 4.69) is 19.2 Å². The summed E-state index contributed by atoms with van der Waals surface area (Å²) >= 11 is 0. The van der Waals surface area contributed by atoms with Crippen molar-refractivity contribution in [1.82, 2.24) is 4.90 Å². The number of hydrogen-bond acceptors (Lipinski definition) is 4. The molecule has 1 N–H and O–H groups in total. The van der Waals surface area contributed by atoms with Gasteiger partial charge in [0.25, 0.3) is 5.91 Å². The molecule has 1 atom stereocenters. The smallest absolute Gasteiger partial charge is 0.265 e. The molecule has 30 heavy (non-hydrogen) atoms. The average Bonchev–Trinajstić information content (AvgIpc) is 3.01. The molecule has 158 valence electrons. The normalized spacial score (nSPS) is 14.9. The maximum atomic E-state index is 12.5. The lowest BCUT2D eigenvalue weighted by molar-refractivity contribution is -0.139. The minimum atomic E-state index is -0.659. The third kappa shape index (κ3) is 5.06. The Morgan fingerprint density at radius 1 is 1.03 bits per heavy atom.